The zero-order chi connectivity index (χ0) is 16.4. The number of aromatic hydroxyl groups is 1. The Morgan fingerprint density at radius 1 is 1.17 bits per heavy atom. The molecule has 0 unspecified atom stereocenters. The van der Waals surface area contributed by atoms with E-state index in [2.05, 4.69) is 15.3 Å². The fourth-order valence-electron chi connectivity index (χ4n) is 2.18. The van der Waals surface area contributed by atoms with Crippen LogP contribution < -0.4 is 10.1 Å². The maximum atomic E-state index is 11.1. The maximum Gasteiger partial charge on any atom is 0.339 e. The first-order valence-corrected chi connectivity index (χ1v) is 6.70. The fourth-order valence-corrected chi connectivity index (χ4v) is 2.18. The molecule has 3 rings (SSSR count). The number of anilines is 2. The number of methoxy groups -OCH3 is 1. The minimum atomic E-state index is -1.21. The van der Waals surface area contributed by atoms with Gasteiger partial charge in [0, 0.05) is 11.1 Å². The number of hydrogen-bond acceptors (Lipinski definition) is 6. The third kappa shape index (κ3) is 2.84. The third-order valence-electron chi connectivity index (χ3n) is 3.33. The van der Waals surface area contributed by atoms with Crippen molar-refractivity contribution in [3.05, 3.63) is 48.3 Å². The van der Waals surface area contributed by atoms with Gasteiger partial charge in [0.25, 0.3) is 0 Å². The Hall–Kier alpha value is -3.35. The highest BCUT2D eigenvalue weighted by Gasteiger charge is 2.11. The van der Waals surface area contributed by atoms with Crippen LogP contribution in [0.3, 0.4) is 0 Å². The molecule has 0 aliphatic heterocycles. The van der Waals surface area contributed by atoms with E-state index < -0.39 is 5.97 Å². The number of aromatic nitrogens is 2. The summed E-state index contributed by atoms with van der Waals surface area (Å²) in [6.07, 6.45) is 1.41. The topological polar surface area (TPSA) is 105 Å². The van der Waals surface area contributed by atoms with Gasteiger partial charge < -0.3 is 20.3 Å². The molecule has 0 fully saturated rings. The first-order chi connectivity index (χ1) is 11.1. The van der Waals surface area contributed by atoms with Crippen LogP contribution in [0.2, 0.25) is 0 Å². The summed E-state index contributed by atoms with van der Waals surface area (Å²) in [5.74, 6) is -0.333. The van der Waals surface area contributed by atoms with Gasteiger partial charge in [0.1, 0.15) is 29.2 Å². The van der Waals surface area contributed by atoms with Crippen LogP contribution in [-0.4, -0.2) is 33.3 Å². The molecule has 0 saturated carbocycles. The molecule has 0 saturated heterocycles. The monoisotopic (exact) mass is 311 g/mol. The number of rotatable bonds is 4. The molecule has 0 aliphatic rings. The number of fused-ring (bicyclic) bond motifs is 1. The van der Waals surface area contributed by atoms with Gasteiger partial charge in [-0.25, -0.2) is 14.8 Å². The summed E-state index contributed by atoms with van der Waals surface area (Å²) in [7, 11) is 1.57. The average Bonchev–Trinajstić information content (AvgIpc) is 2.56. The van der Waals surface area contributed by atoms with Crippen molar-refractivity contribution in [3.63, 3.8) is 0 Å². The summed E-state index contributed by atoms with van der Waals surface area (Å²) in [5, 5.41) is 22.4. The van der Waals surface area contributed by atoms with E-state index >= 15 is 0 Å². The summed E-state index contributed by atoms with van der Waals surface area (Å²) in [4.78, 5) is 19.5. The van der Waals surface area contributed by atoms with Gasteiger partial charge in [-0.1, -0.05) is 0 Å². The molecule has 2 aromatic carbocycles. The van der Waals surface area contributed by atoms with E-state index in [1.807, 2.05) is 0 Å². The lowest BCUT2D eigenvalue weighted by molar-refractivity contribution is 0.0694. The van der Waals surface area contributed by atoms with Crippen LogP contribution in [0.1, 0.15) is 10.4 Å². The van der Waals surface area contributed by atoms with Gasteiger partial charge >= 0.3 is 5.97 Å². The van der Waals surface area contributed by atoms with Crippen molar-refractivity contribution >= 4 is 28.4 Å². The second-order valence-corrected chi connectivity index (χ2v) is 4.77. The van der Waals surface area contributed by atoms with Crippen molar-refractivity contribution in [2.75, 3.05) is 12.4 Å². The first kappa shape index (κ1) is 14.6. The Morgan fingerprint density at radius 3 is 2.74 bits per heavy atom. The number of hydrogen-bond donors (Lipinski definition) is 3. The summed E-state index contributed by atoms with van der Waals surface area (Å²) in [5.41, 5.74) is 1.02. The Morgan fingerprint density at radius 2 is 2.00 bits per heavy atom. The number of carbonyl (C=O) groups is 1. The Balaban J connectivity index is 2.04. The minimum Gasteiger partial charge on any atom is -0.507 e. The van der Waals surface area contributed by atoms with Gasteiger partial charge in [-0.15, -0.1) is 0 Å². The standard InChI is InChI=1S/C16H13N3O4/c1-23-10-3-4-13-11(7-10)15(18-8-17-13)19-9-2-5-14(20)12(6-9)16(21)22/h2-8,20H,1H3,(H,21,22)(H,17,18,19). The van der Waals surface area contributed by atoms with Crippen molar-refractivity contribution in [2.24, 2.45) is 0 Å². The molecule has 116 valence electrons. The van der Waals surface area contributed by atoms with E-state index in [4.69, 9.17) is 9.84 Å². The van der Waals surface area contributed by atoms with Crippen LogP contribution in [0.15, 0.2) is 42.7 Å². The molecular weight excluding hydrogens is 298 g/mol. The second kappa shape index (κ2) is 5.80. The SMILES string of the molecule is COc1ccc2ncnc(Nc3ccc(O)c(C(=O)O)c3)c2c1. The highest BCUT2D eigenvalue weighted by atomic mass is 16.5. The average molecular weight is 311 g/mol. The zero-order valence-electron chi connectivity index (χ0n) is 12.1. The largest absolute Gasteiger partial charge is 0.507 e. The van der Waals surface area contributed by atoms with Crippen LogP contribution in [0.25, 0.3) is 10.9 Å². The molecule has 3 aromatic rings. The van der Waals surface area contributed by atoms with Crippen molar-refractivity contribution in [2.45, 2.75) is 0 Å². The van der Waals surface area contributed by atoms with E-state index in [1.54, 1.807) is 31.4 Å². The van der Waals surface area contributed by atoms with Gasteiger partial charge in [-0.2, -0.15) is 0 Å². The number of benzene rings is 2. The predicted molar refractivity (Wildman–Crippen MR) is 84.4 cm³/mol. The highest BCUT2D eigenvalue weighted by Crippen LogP contribution is 2.28. The lowest BCUT2D eigenvalue weighted by atomic mass is 10.1. The fraction of sp³-hybridized carbons (Fsp3) is 0.0625. The molecule has 0 radical (unpaired) electrons. The van der Waals surface area contributed by atoms with Crippen LogP contribution in [0, 0.1) is 0 Å². The molecule has 0 bridgehead atoms. The summed E-state index contributed by atoms with van der Waals surface area (Å²) in [6.45, 7) is 0. The molecule has 23 heavy (non-hydrogen) atoms. The van der Waals surface area contributed by atoms with Gasteiger partial charge in [-0.3, -0.25) is 0 Å². The van der Waals surface area contributed by atoms with E-state index in [0.717, 1.165) is 10.9 Å². The van der Waals surface area contributed by atoms with E-state index in [0.29, 0.717) is 17.3 Å². The maximum absolute atomic E-state index is 11.1. The number of carboxylic acid groups (broad SMARTS) is 1. The molecule has 1 aromatic heterocycles. The number of aromatic carboxylic acids is 1. The Labute approximate surface area is 131 Å². The Bertz CT molecular complexity index is 896. The van der Waals surface area contributed by atoms with E-state index in [1.165, 1.54) is 18.5 Å². The molecule has 0 aliphatic carbocycles. The van der Waals surface area contributed by atoms with Crippen LogP contribution in [0.5, 0.6) is 11.5 Å². The van der Waals surface area contributed by atoms with Crippen LogP contribution >= 0.6 is 0 Å². The first-order valence-electron chi connectivity index (χ1n) is 6.70. The molecule has 7 heteroatoms. The van der Waals surface area contributed by atoms with Crippen molar-refractivity contribution in [1.82, 2.24) is 9.97 Å². The normalized spacial score (nSPS) is 10.5. The quantitative estimate of drug-likeness (QED) is 0.636. The molecule has 3 N–H and O–H groups in total. The summed E-state index contributed by atoms with van der Waals surface area (Å²) >= 11 is 0. The lowest BCUT2D eigenvalue weighted by Crippen LogP contribution is -2.00. The number of nitrogens with one attached hydrogen (secondary N) is 1. The molecule has 0 spiro atoms. The second-order valence-electron chi connectivity index (χ2n) is 4.77. The minimum absolute atomic E-state index is 0.189. The molecule has 0 atom stereocenters. The highest BCUT2D eigenvalue weighted by molar-refractivity contribution is 5.94. The summed E-state index contributed by atoms with van der Waals surface area (Å²) in [6, 6.07) is 9.61. The van der Waals surface area contributed by atoms with Gasteiger partial charge in [-0.05, 0) is 36.4 Å². The molecule has 7 nitrogen and oxygen atoms in total. The van der Waals surface area contributed by atoms with Crippen molar-refractivity contribution in [3.8, 4) is 11.5 Å². The number of ether oxygens (including phenoxy) is 1. The van der Waals surface area contributed by atoms with Crippen molar-refractivity contribution < 1.29 is 19.7 Å². The number of nitrogens with zero attached hydrogens (tertiary/aromatic N) is 2. The van der Waals surface area contributed by atoms with Crippen LogP contribution in [-0.2, 0) is 0 Å². The Kier molecular flexibility index (Phi) is 3.68. The lowest BCUT2D eigenvalue weighted by Gasteiger charge is -2.10. The van der Waals surface area contributed by atoms with E-state index in [9.17, 15) is 9.90 Å². The van der Waals surface area contributed by atoms with Gasteiger partial charge in [0.15, 0.2) is 0 Å². The smallest absolute Gasteiger partial charge is 0.339 e. The number of phenols is 1. The van der Waals surface area contributed by atoms with Gasteiger partial charge in [0.2, 0.25) is 0 Å². The molecular formula is C16H13N3O4. The summed E-state index contributed by atoms with van der Waals surface area (Å²) < 4.78 is 5.20. The van der Waals surface area contributed by atoms with Crippen LogP contribution in [0.4, 0.5) is 11.5 Å². The third-order valence-corrected chi connectivity index (χ3v) is 3.33. The molecule has 1 heterocycles. The van der Waals surface area contributed by atoms with Gasteiger partial charge in [0.05, 0.1) is 12.6 Å². The molecule has 0 amide bonds. The number of carboxylic acids is 1. The van der Waals surface area contributed by atoms with Crippen molar-refractivity contribution in [1.29, 1.82) is 0 Å². The van der Waals surface area contributed by atoms with E-state index in [-0.39, 0.29) is 11.3 Å². The predicted octanol–water partition coefficient (Wildman–Crippen LogP) is 2.79. The zero-order valence-corrected chi connectivity index (χ0v) is 12.1.